The van der Waals surface area contributed by atoms with Crippen LogP contribution >= 0.6 is 22.6 Å². The molecular formula is C26H21IN2O4. The molecule has 0 spiro atoms. The van der Waals surface area contributed by atoms with Gasteiger partial charge >= 0.3 is 6.03 Å². The van der Waals surface area contributed by atoms with Gasteiger partial charge in [0.25, 0.3) is 11.8 Å². The van der Waals surface area contributed by atoms with Gasteiger partial charge in [-0.15, -0.1) is 0 Å². The van der Waals surface area contributed by atoms with E-state index in [1.165, 1.54) is 6.08 Å². The number of hydrogen-bond donors (Lipinski definition) is 1. The molecule has 4 amide bonds. The first kappa shape index (κ1) is 22.7. The second kappa shape index (κ2) is 9.58. The Morgan fingerprint density at radius 2 is 1.64 bits per heavy atom. The van der Waals surface area contributed by atoms with E-state index in [0.717, 1.165) is 25.2 Å². The zero-order chi connectivity index (χ0) is 23.5. The number of ether oxygens (including phenoxy) is 1. The number of halogens is 1. The lowest BCUT2D eigenvalue weighted by Gasteiger charge is -2.28. The fourth-order valence-electron chi connectivity index (χ4n) is 3.43. The van der Waals surface area contributed by atoms with Crippen LogP contribution < -0.4 is 15.0 Å². The van der Waals surface area contributed by atoms with Gasteiger partial charge in [0.05, 0.1) is 5.69 Å². The maximum Gasteiger partial charge on any atom is 0.335 e. The van der Waals surface area contributed by atoms with E-state index in [1.54, 1.807) is 36.4 Å². The van der Waals surface area contributed by atoms with E-state index >= 15 is 0 Å². The second-order valence-corrected chi connectivity index (χ2v) is 8.91. The monoisotopic (exact) mass is 552 g/mol. The minimum atomic E-state index is -0.754. The van der Waals surface area contributed by atoms with E-state index < -0.39 is 17.8 Å². The number of carbonyl (C=O) groups excluding carboxylic acids is 3. The first-order valence-electron chi connectivity index (χ1n) is 10.3. The molecule has 7 heteroatoms. The molecule has 1 aliphatic rings. The van der Waals surface area contributed by atoms with Crippen molar-refractivity contribution in [2.24, 2.45) is 0 Å². The number of amides is 4. The minimum absolute atomic E-state index is 0.108. The van der Waals surface area contributed by atoms with Crippen molar-refractivity contribution in [1.82, 2.24) is 5.32 Å². The fraction of sp³-hybridized carbons (Fsp3) is 0.115. The Balaban J connectivity index is 1.54. The van der Waals surface area contributed by atoms with Crippen molar-refractivity contribution in [3.63, 3.8) is 0 Å². The van der Waals surface area contributed by atoms with Gasteiger partial charge in [0.2, 0.25) is 0 Å². The number of nitrogens with one attached hydrogen (secondary N) is 1. The molecule has 0 unspecified atom stereocenters. The molecule has 0 bridgehead atoms. The zero-order valence-electron chi connectivity index (χ0n) is 18.1. The van der Waals surface area contributed by atoms with Crippen LogP contribution in [0.5, 0.6) is 5.75 Å². The van der Waals surface area contributed by atoms with Crippen LogP contribution in [0.1, 0.15) is 22.3 Å². The lowest BCUT2D eigenvalue weighted by molar-refractivity contribution is -0.122. The number of hydrogen-bond acceptors (Lipinski definition) is 4. The lowest BCUT2D eigenvalue weighted by atomic mass is 10.0. The summed E-state index contributed by atoms with van der Waals surface area (Å²) in [6, 6.07) is 19.7. The summed E-state index contributed by atoms with van der Waals surface area (Å²) in [7, 11) is 0. The van der Waals surface area contributed by atoms with E-state index in [2.05, 4.69) is 27.9 Å². The number of nitrogens with zero attached hydrogens (tertiary/aromatic N) is 1. The molecule has 0 aromatic heterocycles. The van der Waals surface area contributed by atoms with Gasteiger partial charge < -0.3 is 4.74 Å². The topological polar surface area (TPSA) is 75.7 Å². The van der Waals surface area contributed by atoms with Crippen molar-refractivity contribution in [1.29, 1.82) is 0 Å². The summed E-state index contributed by atoms with van der Waals surface area (Å²) in [4.78, 5) is 39.0. The van der Waals surface area contributed by atoms with Gasteiger partial charge in [0.15, 0.2) is 0 Å². The highest BCUT2D eigenvalue weighted by molar-refractivity contribution is 14.1. The molecule has 33 heavy (non-hydrogen) atoms. The van der Waals surface area contributed by atoms with E-state index in [1.807, 2.05) is 44.2 Å². The quantitative estimate of drug-likeness (QED) is 0.270. The molecule has 1 fully saturated rings. The largest absolute Gasteiger partial charge is 0.489 e. The number of barbiturate groups is 1. The summed E-state index contributed by atoms with van der Waals surface area (Å²) in [5.41, 5.74) is 3.78. The summed E-state index contributed by atoms with van der Waals surface area (Å²) in [6.07, 6.45) is 1.48. The number of rotatable bonds is 5. The molecule has 0 saturated carbocycles. The van der Waals surface area contributed by atoms with Crippen LogP contribution in [0, 0.1) is 17.4 Å². The maximum atomic E-state index is 13.1. The summed E-state index contributed by atoms with van der Waals surface area (Å²) in [5, 5.41) is 2.26. The fourth-order valence-corrected chi connectivity index (χ4v) is 3.79. The van der Waals surface area contributed by atoms with Crippen LogP contribution in [-0.2, 0) is 16.2 Å². The van der Waals surface area contributed by atoms with E-state index in [9.17, 15) is 14.4 Å². The number of urea groups is 1. The van der Waals surface area contributed by atoms with Crippen molar-refractivity contribution in [3.8, 4) is 5.75 Å². The normalized spacial score (nSPS) is 15.1. The third kappa shape index (κ3) is 4.98. The van der Waals surface area contributed by atoms with Crippen LogP contribution in [0.15, 0.2) is 72.3 Å². The number of anilines is 1. The van der Waals surface area contributed by atoms with Gasteiger partial charge in [0, 0.05) is 3.57 Å². The average molecular weight is 552 g/mol. The molecule has 4 rings (SSSR count). The Morgan fingerprint density at radius 1 is 0.939 bits per heavy atom. The molecule has 166 valence electrons. The Kier molecular flexibility index (Phi) is 6.60. The molecule has 0 atom stereocenters. The molecule has 1 aliphatic heterocycles. The molecule has 0 radical (unpaired) electrons. The van der Waals surface area contributed by atoms with E-state index in [4.69, 9.17) is 4.74 Å². The highest BCUT2D eigenvalue weighted by Gasteiger charge is 2.37. The Hall–Kier alpha value is -3.46. The Bertz CT molecular complexity index is 1260. The Morgan fingerprint density at radius 3 is 2.33 bits per heavy atom. The van der Waals surface area contributed by atoms with Gasteiger partial charge in [0.1, 0.15) is 17.9 Å². The van der Waals surface area contributed by atoms with Crippen LogP contribution in [0.2, 0.25) is 0 Å². The van der Waals surface area contributed by atoms with Crippen molar-refractivity contribution in [3.05, 3.63) is 98.1 Å². The van der Waals surface area contributed by atoms with Crippen LogP contribution in [0.3, 0.4) is 0 Å². The van der Waals surface area contributed by atoms with E-state index in [-0.39, 0.29) is 5.57 Å². The summed E-state index contributed by atoms with van der Waals surface area (Å²) in [5.74, 6) is -0.704. The Labute approximate surface area is 205 Å². The van der Waals surface area contributed by atoms with Gasteiger partial charge in [-0.25, -0.2) is 9.69 Å². The molecule has 1 saturated heterocycles. The van der Waals surface area contributed by atoms with Crippen LogP contribution in [0.4, 0.5) is 10.5 Å². The zero-order valence-corrected chi connectivity index (χ0v) is 20.3. The molecule has 3 aromatic carbocycles. The van der Waals surface area contributed by atoms with Gasteiger partial charge in [-0.2, -0.15) is 0 Å². The summed E-state index contributed by atoms with van der Waals surface area (Å²) in [6.45, 7) is 4.17. The second-order valence-electron chi connectivity index (χ2n) is 7.66. The number of imide groups is 2. The smallest absolute Gasteiger partial charge is 0.335 e. The first-order valence-corrected chi connectivity index (χ1v) is 11.4. The molecule has 1 N–H and O–H groups in total. The maximum absolute atomic E-state index is 13.1. The number of carbonyl (C=O) groups is 3. The van der Waals surface area contributed by atoms with E-state index in [0.29, 0.717) is 23.6 Å². The minimum Gasteiger partial charge on any atom is -0.489 e. The average Bonchev–Trinajstić information content (AvgIpc) is 2.80. The van der Waals surface area contributed by atoms with Crippen LogP contribution in [-0.4, -0.2) is 17.8 Å². The molecule has 3 aromatic rings. The third-order valence-electron chi connectivity index (χ3n) is 5.43. The highest BCUT2D eigenvalue weighted by Crippen LogP contribution is 2.27. The molecular weight excluding hydrogens is 531 g/mol. The molecule has 0 aliphatic carbocycles. The predicted octanol–water partition coefficient (Wildman–Crippen LogP) is 5.15. The lowest BCUT2D eigenvalue weighted by Crippen LogP contribution is -2.54. The van der Waals surface area contributed by atoms with Gasteiger partial charge in [-0.1, -0.05) is 36.4 Å². The van der Waals surface area contributed by atoms with Gasteiger partial charge in [-0.05, 0) is 95.1 Å². The SMILES string of the molecule is Cc1cccc(N2C(=O)NC(=O)/C(=C\c3ccc(OCc4ccc(I)cc4)cc3)C2=O)c1C. The highest BCUT2D eigenvalue weighted by atomic mass is 127. The predicted molar refractivity (Wildman–Crippen MR) is 135 cm³/mol. The summed E-state index contributed by atoms with van der Waals surface area (Å²) < 4.78 is 6.97. The van der Waals surface area contributed by atoms with Gasteiger partial charge in [-0.3, -0.25) is 14.9 Å². The molecule has 6 nitrogen and oxygen atoms in total. The van der Waals surface area contributed by atoms with Crippen molar-refractivity contribution in [2.45, 2.75) is 20.5 Å². The third-order valence-corrected chi connectivity index (χ3v) is 6.15. The van der Waals surface area contributed by atoms with Crippen molar-refractivity contribution < 1.29 is 19.1 Å². The molecule has 1 heterocycles. The first-order chi connectivity index (χ1) is 15.8. The number of aryl methyl sites for hydroxylation is 1. The van der Waals surface area contributed by atoms with Crippen LogP contribution in [0.25, 0.3) is 6.08 Å². The standard InChI is InChI=1S/C26H21IN2O4/c1-16-4-3-5-23(17(16)2)29-25(31)22(24(30)28-26(29)32)14-18-8-12-21(13-9-18)33-15-19-6-10-20(27)11-7-19/h3-14H,15H2,1-2H3,(H,28,30,32)/b22-14+. The van der Waals surface area contributed by atoms with Crippen molar-refractivity contribution >= 4 is 52.2 Å². The summed E-state index contributed by atoms with van der Waals surface area (Å²) >= 11 is 2.25. The van der Waals surface area contributed by atoms with Crippen molar-refractivity contribution in [2.75, 3.05) is 4.90 Å². The number of benzene rings is 3.